The third-order valence-electron chi connectivity index (χ3n) is 3.54. The summed E-state index contributed by atoms with van der Waals surface area (Å²) in [6, 6.07) is 8.52. The van der Waals surface area contributed by atoms with Gasteiger partial charge in [-0.1, -0.05) is 18.2 Å². The lowest BCUT2D eigenvalue weighted by atomic mass is 10.1. The number of phenols is 1. The summed E-state index contributed by atoms with van der Waals surface area (Å²) in [5.41, 5.74) is 3.42. The van der Waals surface area contributed by atoms with E-state index >= 15 is 0 Å². The Morgan fingerprint density at radius 3 is 2.21 bits per heavy atom. The number of aromatic hydroxyl groups is 1. The Kier molecular flexibility index (Phi) is 5.83. The first kappa shape index (κ1) is 17.8. The molecule has 0 aliphatic carbocycles. The maximum absolute atomic E-state index is 13.4. The molecule has 0 unspecified atom stereocenters. The van der Waals surface area contributed by atoms with E-state index in [0.717, 1.165) is 11.6 Å². The van der Waals surface area contributed by atoms with E-state index in [4.69, 9.17) is 5.21 Å². The Balaban J connectivity index is 2.18. The molecule has 0 fully saturated rings. The summed E-state index contributed by atoms with van der Waals surface area (Å²) in [5.74, 6) is -2.13. The summed E-state index contributed by atoms with van der Waals surface area (Å²) in [6.45, 7) is 2.07. The van der Waals surface area contributed by atoms with Crippen LogP contribution in [0.2, 0.25) is 0 Å². The smallest absolute Gasteiger partial charge is 0.257 e. The highest BCUT2D eigenvalue weighted by atomic mass is 19.1. The van der Waals surface area contributed by atoms with E-state index < -0.39 is 17.5 Å². The summed E-state index contributed by atoms with van der Waals surface area (Å²) < 4.78 is 26.5. The normalized spacial score (nSPS) is 10.9. The Bertz CT molecular complexity index is 684. The molecule has 7 heteroatoms. The van der Waals surface area contributed by atoms with E-state index in [2.05, 4.69) is 0 Å². The van der Waals surface area contributed by atoms with Gasteiger partial charge in [0.15, 0.2) is 11.6 Å². The van der Waals surface area contributed by atoms with Gasteiger partial charge in [0.05, 0.1) is 6.54 Å². The molecule has 0 bridgehead atoms. The van der Waals surface area contributed by atoms with Gasteiger partial charge >= 0.3 is 0 Å². The fourth-order valence-electron chi connectivity index (χ4n) is 2.38. The average molecular weight is 336 g/mol. The quantitative estimate of drug-likeness (QED) is 0.560. The molecule has 1 amide bonds. The van der Waals surface area contributed by atoms with E-state index in [-0.39, 0.29) is 18.9 Å². The van der Waals surface area contributed by atoms with E-state index in [1.165, 1.54) is 18.2 Å². The zero-order valence-electron chi connectivity index (χ0n) is 13.1. The van der Waals surface area contributed by atoms with Crippen molar-refractivity contribution < 1.29 is 23.9 Å². The molecule has 2 aromatic rings. The lowest BCUT2D eigenvalue weighted by Crippen LogP contribution is -2.35. The summed E-state index contributed by atoms with van der Waals surface area (Å²) in [7, 11) is 0. The summed E-state index contributed by atoms with van der Waals surface area (Å²) in [5, 5.41) is 18.2. The molecule has 2 aromatic carbocycles. The standard InChI is InChI=1S/C17H18F2N2O3/c1-11-6-12(2-4-14(11)18)8-21(10-17(23)20-24)9-13-3-5-15(19)16(22)7-13/h2-7,22,24H,8-10H2,1H3,(H,20,23). The lowest BCUT2D eigenvalue weighted by molar-refractivity contribution is -0.130. The first-order chi connectivity index (χ1) is 11.4. The van der Waals surface area contributed by atoms with E-state index in [9.17, 15) is 18.7 Å². The zero-order chi connectivity index (χ0) is 17.7. The first-order valence-electron chi connectivity index (χ1n) is 7.26. The third-order valence-corrected chi connectivity index (χ3v) is 3.54. The predicted molar refractivity (Wildman–Crippen MR) is 83.2 cm³/mol. The topological polar surface area (TPSA) is 72.8 Å². The van der Waals surface area contributed by atoms with Crippen molar-refractivity contribution in [2.24, 2.45) is 0 Å². The molecule has 0 radical (unpaired) electrons. The molecule has 0 spiro atoms. The monoisotopic (exact) mass is 336 g/mol. The molecule has 3 N–H and O–H groups in total. The Morgan fingerprint density at radius 1 is 1.08 bits per heavy atom. The number of carbonyl (C=O) groups excluding carboxylic acids is 1. The summed E-state index contributed by atoms with van der Waals surface area (Å²) in [6.07, 6.45) is 0. The minimum Gasteiger partial charge on any atom is -0.505 e. The molecule has 0 aliphatic rings. The predicted octanol–water partition coefficient (Wildman–Crippen LogP) is 2.49. The summed E-state index contributed by atoms with van der Waals surface area (Å²) in [4.78, 5) is 13.1. The maximum Gasteiger partial charge on any atom is 0.257 e. The van der Waals surface area contributed by atoms with Gasteiger partial charge in [0, 0.05) is 13.1 Å². The molecule has 0 aliphatic heterocycles. The van der Waals surface area contributed by atoms with Crippen molar-refractivity contribution in [2.45, 2.75) is 20.0 Å². The van der Waals surface area contributed by atoms with Gasteiger partial charge in [-0.15, -0.1) is 0 Å². The Labute approximate surface area is 138 Å². The van der Waals surface area contributed by atoms with Crippen LogP contribution in [0.15, 0.2) is 36.4 Å². The fourth-order valence-corrected chi connectivity index (χ4v) is 2.38. The van der Waals surface area contributed by atoms with Crippen LogP contribution in [-0.4, -0.2) is 27.7 Å². The van der Waals surface area contributed by atoms with Crippen LogP contribution < -0.4 is 5.48 Å². The minimum atomic E-state index is -0.729. The number of phenolic OH excluding ortho intramolecular Hbond substituents is 1. The number of aryl methyl sites for hydroxylation is 1. The summed E-state index contributed by atoms with van der Waals surface area (Å²) >= 11 is 0. The van der Waals surface area contributed by atoms with Crippen LogP contribution in [0.25, 0.3) is 0 Å². The number of benzene rings is 2. The van der Waals surface area contributed by atoms with Crippen molar-refractivity contribution in [1.29, 1.82) is 0 Å². The fraction of sp³-hybridized carbons (Fsp3) is 0.235. The van der Waals surface area contributed by atoms with Gasteiger partial charge in [0.25, 0.3) is 5.91 Å². The number of rotatable bonds is 6. The van der Waals surface area contributed by atoms with E-state index in [0.29, 0.717) is 17.7 Å². The number of hydrogen-bond donors (Lipinski definition) is 3. The SMILES string of the molecule is Cc1cc(CN(CC(=O)NO)Cc2ccc(F)c(O)c2)ccc1F. The number of hydroxylamine groups is 1. The maximum atomic E-state index is 13.4. The lowest BCUT2D eigenvalue weighted by Gasteiger charge is -2.22. The van der Waals surface area contributed by atoms with Crippen LogP contribution in [-0.2, 0) is 17.9 Å². The van der Waals surface area contributed by atoms with Crippen LogP contribution in [0, 0.1) is 18.6 Å². The highest BCUT2D eigenvalue weighted by molar-refractivity contribution is 5.76. The minimum absolute atomic E-state index is 0.120. The van der Waals surface area contributed by atoms with Crippen molar-refractivity contribution in [2.75, 3.05) is 6.54 Å². The van der Waals surface area contributed by atoms with Gasteiger partial charge in [0.1, 0.15) is 5.82 Å². The Morgan fingerprint density at radius 2 is 1.67 bits per heavy atom. The first-order valence-corrected chi connectivity index (χ1v) is 7.26. The van der Waals surface area contributed by atoms with Crippen molar-refractivity contribution in [3.63, 3.8) is 0 Å². The van der Waals surface area contributed by atoms with Gasteiger partial charge in [-0.3, -0.25) is 14.9 Å². The van der Waals surface area contributed by atoms with E-state index in [1.807, 2.05) is 0 Å². The molecule has 5 nitrogen and oxygen atoms in total. The molecule has 24 heavy (non-hydrogen) atoms. The van der Waals surface area contributed by atoms with Crippen LogP contribution in [0.1, 0.15) is 16.7 Å². The second-order valence-corrected chi connectivity index (χ2v) is 5.55. The van der Waals surface area contributed by atoms with Crippen LogP contribution >= 0.6 is 0 Å². The average Bonchev–Trinajstić information content (AvgIpc) is 2.54. The van der Waals surface area contributed by atoms with Crippen molar-refractivity contribution >= 4 is 5.91 Å². The number of halogens is 2. The van der Waals surface area contributed by atoms with Crippen LogP contribution in [0.3, 0.4) is 0 Å². The largest absolute Gasteiger partial charge is 0.505 e. The van der Waals surface area contributed by atoms with Gasteiger partial charge in [-0.2, -0.15) is 0 Å². The molecule has 0 saturated heterocycles. The van der Waals surface area contributed by atoms with Crippen LogP contribution in [0.5, 0.6) is 5.75 Å². The van der Waals surface area contributed by atoms with E-state index in [1.54, 1.807) is 29.4 Å². The zero-order valence-corrected chi connectivity index (χ0v) is 13.1. The number of hydrogen-bond acceptors (Lipinski definition) is 4. The van der Waals surface area contributed by atoms with Crippen LogP contribution in [0.4, 0.5) is 8.78 Å². The molecule has 0 aromatic heterocycles. The van der Waals surface area contributed by atoms with Gasteiger partial charge in [-0.05, 0) is 41.8 Å². The molecular weight excluding hydrogens is 318 g/mol. The highest BCUT2D eigenvalue weighted by Crippen LogP contribution is 2.19. The van der Waals surface area contributed by atoms with Crippen molar-refractivity contribution in [3.05, 3.63) is 64.7 Å². The van der Waals surface area contributed by atoms with Crippen molar-refractivity contribution in [1.82, 2.24) is 10.4 Å². The molecule has 2 rings (SSSR count). The van der Waals surface area contributed by atoms with Gasteiger partial charge in [0.2, 0.25) is 0 Å². The second kappa shape index (κ2) is 7.85. The third kappa shape index (κ3) is 4.74. The number of nitrogens with one attached hydrogen (secondary N) is 1. The Hall–Kier alpha value is -2.51. The molecule has 128 valence electrons. The highest BCUT2D eigenvalue weighted by Gasteiger charge is 2.13. The molecule has 0 atom stereocenters. The number of amides is 1. The molecular formula is C17H18F2N2O3. The second-order valence-electron chi connectivity index (χ2n) is 5.55. The van der Waals surface area contributed by atoms with Gasteiger partial charge in [-0.25, -0.2) is 14.3 Å². The van der Waals surface area contributed by atoms with Gasteiger partial charge < -0.3 is 5.11 Å². The van der Waals surface area contributed by atoms with Crippen molar-refractivity contribution in [3.8, 4) is 5.75 Å². The molecule has 0 saturated carbocycles. The number of carbonyl (C=O) groups is 1. The molecule has 0 heterocycles. The number of nitrogens with zero attached hydrogens (tertiary/aromatic N) is 1.